The van der Waals surface area contributed by atoms with Crippen molar-refractivity contribution in [3.05, 3.63) is 118 Å². The lowest BCUT2D eigenvalue weighted by molar-refractivity contribution is -0.124. The largest absolute Gasteiger partial charge is 0.499 e. The van der Waals surface area contributed by atoms with Crippen LogP contribution in [0.3, 0.4) is 0 Å². The molecule has 7 aromatic rings. The Hall–Kier alpha value is -6.02. The molecule has 0 saturated carbocycles. The van der Waals surface area contributed by atoms with E-state index < -0.39 is 0 Å². The van der Waals surface area contributed by atoms with Gasteiger partial charge >= 0.3 is 0 Å². The molecule has 0 aliphatic rings. The fourth-order valence-electron chi connectivity index (χ4n) is 7.75. The van der Waals surface area contributed by atoms with Crippen molar-refractivity contribution in [1.82, 2.24) is 0 Å². The van der Waals surface area contributed by atoms with Gasteiger partial charge in [0, 0.05) is 67.5 Å². The first-order valence-electron chi connectivity index (χ1n) is 22.6. The van der Waals surface area contributed by atoms with Crippen LogP contribution in [0.25, 0.3) is 51.8 Å². The quantitative estimate of drug-likeness (QED) is 0.0197. The highest BCUT2D eigenvalue weighted by Crippen LogP contribution is 2.43. The summed E-state index contributed by atoms with van der Waals surface area (Å²) in [4.78, 5) is 25.0. The van der Waals surface area contributed by atoms with Crippen molar-refractivity contribution in [3.63, 3.8) is 0 Å². The zero-order valence-corrected chi connectivity index (χ0v) is 40.6. The van der Waals surface area contributed by atoms with Crippen LogP contribution in [0.2, 0.25) is 0 Å². The van der Waals surface area contributed by atoms with Gasteiger partial charge in [0.05, 0.1) is 6.61 Å². The van der Waals surface area contributed by atoms with E-state index in [1.165, 1.54) is 89.5 Å². The zero-order valence-electron chi connectivity index (χ0n) is 37.3. The SMILES string of the molecule is C=O.CCCCCCCCCCCCCCCCOc1ccc(N(c2ccc(-c3cc4sc(/C=C(/O)C#N)cc4s3)cc2)c2ccc(-c3cc4sc(/C=C(\C#N)OC=O)cc4s3)cc2)cc1. The van der Waals surface area contributed by atoms with E-state index in [1.807, 2.05) is 25.0 Å². The third-order valence-corrected chi connectivity index (χ3v) is 15.7. The number of carbonyl (C=O) groups excluding carboxylic acids is 2. The first kappa shape index (κ1) is 49.4. The number of fused-ring (bicyclic) bond motifs is 2. The number of ether oxygens (including phenoxy) is 2. The maximum absolute atomic E-state index is 10.7. The molecule has 3 aromatic carbocycles. The first-order valence-corrected chi connectivity index (χ1v) is 25.8. The second-order valence-electron chi connectivity index (χ2n) is 15.8. The summed E-state index contributed by atoms with van der Waals surface area (Å²) in [7, 11) is 0. The van der Waals surface area contributed by atoms with Crippen LogP contribution in [0.15, 0.2) is 109 Å². The Morgan fingerprint density at radius 2 is 1.02 bits per heavy atom. The predicted octanol–water partition coefficient (Wildman–Crippen LogP) is 17.2. The van der Waals surface area contributed by atoms with E-state index >= 15 is 0 Å². The summed E-state index contributed by atoms with van der Waals surface area (Å²) in [6, 6.07) is 37.7. The number of carbonyl (C=O) groups is 2. The molecule has 7 rings (SSSR count). The summed E-state index contributed by atoms with van der Waals surface area (Å²) in [5.41, 5.74) is 5.30. The average molecular weight is 954 g/mol. The molecular formula is C54H55N3O5S4. The molecule has 0 atom stereocenters. The van der Waals surface area contributed by atoms with Crippen LogP contribution >= 0.6 is 45.3 Å². The molecule has 0 bridgehead atoms. The fraction of sp³-hybridized carbons (Fsp3) is 0.296. The van der Waals surface area contributed by atoms with Gasteiger partial charge in [0.1, 0.15) is 24.7 Å². The molecule has 0 amide bonds. The normalized spacial score (nSPS) is 11.5. The third-order valence-electron chi connectivity index (χ3n) is 11.1. The van der Waals surface area contributed by atoms with Crippen LogP contribution in [0, 0.1) is 22.7 Å². The van der Waals surface area contributed by atoms with E-state index in [-0.39, 0.29) is 18.0 Å². The Labute approximate surface area is 404 Å². The van der Waals surface area contributed by atoms with Gasteiger partial charge in [-0.2, -0.15) is 10.5 Å². The van der Waals surface area contributed by atoms with Gasteiger partial charge in [-0.3, -0.25) is 4.79 Å². The summed E-state index contributed by atoms with van der Waals surface area (Å²) in [6.07, 6.45) is 21.8. The van der Waals surface area contributed by atoms with Gasteiger partial charge in [0.15, 0.2) is 5.76 Å². The van der Waals surface area contributed by atoms with Crippen LogP contribution in [0.1, 0.15) is 107 Å². The van der Waals surface area contributed by atoms with Crippen molar-refractivity contribution in [2.24, 2.45) is 0 Å². The average Bonchev–Trinajstić information content (AvgIpc) is 4.13. The smallest absolute Gasteiger partial charge is 0.299 e. The standard InChI is InChI=1S/C53H53N3O4S4.CH2O/c1-2-3-4-5-6-7-8-9-10-11-12-13-14-15-28-59-44-26-24-42(25-27-44)56(40-20-16-38(17-21-40)48-33-52-50(63-48)31-46(61-52)29-43(58)35-54)41-22-18-39(19-23-41)49-34-53-51(64-49)32-47(62-53)30-45(36-55)60-37-57;1-2/h16-27,29-34,37,58H,2-15,28H2,1H3;1H2/b43-29+,45-30+;. The number of rotatable bonds is 25. The van der Waals surface area contributed by atoms with Gasteiger partial charge in [0.25, 0.3) is 6.47 Å². The number of aliphatic hydroxyl groups excluding tert-OH is 1. The van der Waals surface area contributed by atoms with Crippen LogP contribution in [0.4, 0.5) is 17.1 Å². The molecule has 0 saturated heterocycles. The first-order chi connectivity index (χ1) is 32.4. The van der Waals surface area contributed by atoms with Gasteiger partial charge in [-0.05, 0) is 90.3 Å². The molecule has 8 nitrogen and oxygen atoms in total. The molecule has 0 radical (unpaired) electrons. The Kier molecular flexibility index (Phi) is 19.6. The van der Waals surface area contributed by atoms with E-state index in [0.29, 0.717) is 0 Å². The topological polar surface area (TPSA) is 124 Å². The Bertz CT molecular complexity index is 2680. The summed E-state index contributed by atoms with van der Waals surface area (Å²) in [5.74, 6) is 0.552. The van der Waals surface area contributed by atoms with E-state index in [2.05, 4.69) is 96.8 Å². The summed E-state index contributed by atoms with van der Waals surface area (Å²) >= 11 is 6.49. The van der Waals surface area contributed by atoms with E-state index in [1.54, 1.807) is 57.5 Å². The Balaban J connectivity index is 0.00000355. The highest BCUT2D eigenvalue weighted by Gasteiger charge is 2.16. The molecule has 1 N–H and O–H groups in total. The maximum atomic E-state index is 10.7. The number of unbranched alkanes of at least 4 members (excludes halogenated alkanes) is 13. The molecule has 340 valence electrons. The van der Waals surface area contributed by atoms with Crippen molar-refractivity contribution in [2.45, 2.75) is 96.8 Å². The van der Waals surface area contributed by atoms with Crippen LogP contribution in [0.5, 0.6) is 5.75 Å². The van der Waals surface area contributed by atoms with Crippen LogP contribution < -0.4 is 9.64 Å². The fourth-order valence-corrected chi connectivity index (χ4v) is 12.4. The number of benzene rings is 3. The van der Waals surface area contributed by atoms with Crippen molar-refractivity contribution in [3.8, 4) is 38.8 Å². The third kappa shape index (κ3) is 14.0. The predicted molar refractivity (Wildman–Crippen MR) is 278 cm³/mol. The number of nitriles is 2. The minimum Gasteiger partial charge on any atom is -0.499 e. The number of anilines is 3. The maximum Gasteiger partial charge on any atom is 0.299 e. The zero-order chi connectivity index (χ0) is 46.5. The molecule has 0 spiro atoms. The molecular weight excluding hydrogens is 899 g/mol. The van der Waals surface area contributed by atoms with Crippen molar-refractivity contribution >= 4 is 107 Å². The Morgan fingerprint density at radius 3 is 1.44 bits per heavy atom. The molecule has 12 heteroatoms. The van der Waals surface area contributed by atoms with Gasteiger partial charge in [0.2, 0.25) is 5.76 Å². The second kappa shape index (κ2) is 26.2. The lowest BCUT2D eigenvalue weighted by atomic mass is 10.0. The van der Waals surface area contributed by atoms with Crippen LogP contribution in [-0.4, -0.2) is 25.0 Å². The minimum absolute atomic E-state index is 0.0319. The van der Waals surface area contributed by atoms with Gasteiger partial charge in [-0.25, -0.2) is 0 Å². The monoisotopic (exact) mass is 953 g/mol. The number of hydrogen-bond acceptors (Lipinski definition) is 12. The highest BCUT2D eigenvalue weighted by atomic mass is 32.1. The van der Waals surface area contributed by atoms with Crippen molar-refractivity contribution < 1.29 is 24.2 Å². The van der Waals surface area contributed by atoms with Gasteiger partial charge in [-0.15, -0.1) is 45.3 Å². The second-order valence-corrected chi connectivity index (χ2v) is 20.2. The summed E-state index contributed by atoms with van der Waals surface area (Å²) in [5, 5.41) is 27.9. The molecule has 0 aliphatic carbocycles. The Morgan fingerprint density at radius 1 is 0.591 bits per heavy atom. The lowest BCUT2D eigenvalue weighted by Gasteiger charge is -2.26. The molecule has 0 aliphatic heterocycles. The lowest BCUT2D eigenvalue weighted by Crippen LogP contribution is -2.10. The molecule has 66 heavy (non-hydrogen) atoms. The summed E-state index contributed by atoms with van der Waals surface area (Å²) in [6.45, 7) is 5.27. The molecule has 4 aromatic heterocycles. The van der Waals surface area contributed by atoms with E-state index in [0.717, 1.165) is 85.3 Å². The highest BCUT2D eigenvalue weighted by molar-refractivity contribution is 7.30. The summed E-state index contributed by atoms with van der Waals surface area (Å²) < 4.78 is 15.4. The number of thiophene rings is 4. The van der Waals surface area contributed by atoms with E-state index in [9.17, 15) is 15.2 Å². The van der Waals surface area contributed by atoms with Gasteiger partial charge in [-0.1, -0.05) is 115 Å². The minimum atomic E-state index is -0.291. The van der Waals surface area contributed by atoms with E-state index in [4.69, 9.17) is 19.5 Å². The molecule has 0 unspecified atom stereocenters. The number of aliphatic hydroxyl groups is 1. The van der Waals surface area contributed by atoms with Crippen LogP contribution in [-0.2, 0) is 14.3 Å². The van der Waals surface area contributed by atoms with Gasteiger partial charge < -0.3 is 24.3 Å². The van der Waals surface area contributed by atoms with Crippen molar-refractivity contribution in [2.75, 3.05) is 11.5 Å². The molecule has 0 fully saturated rings. The number of hydrogen-bond donors (Lipinski definition) is 1. The number of allylic oxidation sites excluding steroid dienone is 2. The molecule has 4 heterocycles. The number of nitrogens with zero attached hydrogens (tertiary/aromatic N) is 3. The van der Waals surface area contributed by atoms with Crippen molar-refractivity contribution in [1.29, 1.82) is 10.5 Å².